The number of aliphatic carboxylic acids is 1. The summed E-state index contributed by atoms with van der Waals surface area (Å²) in [6.07, 6.45) is 1.89. The van der Waals surface area contributed by atoms with Crippen LogP contribution in [0.1, 0.15) is 37.7 Å². The van der Waals surface area contributed by atoms with Crippen LogP contribution in [0.2, 0.25) is 0 Å². The van der Waals surface area contributed by atoms with Gasteiger partial charge in [0.05, 0.1) is 23.9 Å². The van der Waals surface area contributed by atoms with E-state index < -0.39 is 5.97 Å². The molecule has 2 rings (SSSR count). The molecule has 15 heavy (non-hydrogen) atoms. The van der Waals surface area contributed by atoms with Gasteiger partial charge < -0.3 is 5.11 Å². The van der Waals surface area contributed by atoms with E-state index in [1.54, 1.807) is 0 Å². The smallest absolute Gasteiger partial charge is 0.309 e. The Morgan fingerprint density at radius 1 is 1.67 bits per heavy atom. The summed E-state index contributed by atoms with van der Waals surface area (Å²) in [5, 5.41) is 16.7. The molecule has 0 aromatic carbocycles. The van der Waals surface area contributed by atoms with Gasteiger partial charge in [-0.05, 0) is 18.8 Å². The summed E-state index contributed by atoms with van der Waals surface area (Å²) >= 11 is 0. The average Bonchev–Trinajstić information content (AvgIpc) is 2.75. The van der Waals surface area contributed by atoms with Gasteiger partial charge in [-0.2, -0.15) is 0 Å². The highest BCUT2D eigenvalue weighted by atomic mass is 16.4. The van der Waals surface area contributed by atoms with E-state index in [1.165, 1.54) is 0 Å². The lowest BCUT2D eigenvalue weighted by Gasteiger charge is -2.03. The van der Waals surface area contributed by atoms with Crippen molar-refractivity contribution >= 4 is 5.97 Å². The van der Waals surface area contributed by atoms with Crippen molar-refractivity contribution in [2.75, 3.05) is 0 Å². The normalized spacial score (nSPS) is 24.1. The van der Waals surface area contributed by atoms with Gasteiger partial charge in [-0.3, -0.25) is 4.79 Å². The zero-order valence-electron chi connectivity index (χ0n) is 8.97. The average molecular weight is 209 g/mol. The van der Waals surface area contributed by atoms with Crippen LogP contribution < -0.4 is 0 Å². The Morgan fingerprint density at radius 2 is 2.33 bits per heavy atom. The molecule has 0 bridgehead atoms. The molecule has 1 aromatic rings. The molecule has 5 heteroatoms. The van der Waals surface area contributed by atoms with Gasteiger partial charge >= 0.3 is 5.97 Å². The number of hydrogen-bond donors (Lipinski definition) is 1. The highest BCUT2D eigenvalue weighted by Crippen LogP contribution is 2.42. The minimum absolute atomic E-state index is 0.0235. The Morgan fingerprint density at radius 3 is 2.80 bits per heavy atom. The van der Waals surface area contributed by atoms with Crippen molar-refractivity contribution in [3.8, 4) is 0 Å². The van der Waals surface area contributed by atoms with Gasteiger partial charge in [0.1, 0.15) is 0 Å². The van der Waals surface area contributed by atoms with Gasteiger partial charge in [0.25, 0.3) is 0 Å². The van der Waals surface area contributed by atoms with E-state index in [0.717, 1.165) is 18.5 Å². The molecule has 0 saturated heterocycles. The summed E-state index contributed by atoms with van der Waals surface area (Å²) in [6, 6.07) is 0.440. The highest BCUT2D eigenvalue weighted by Gasteiger charge is 2.37. The number of hydrogen-bond acceptors (Lipinski definition) is 3. The lowest BCUT2D eigenvalue weighted by Crippen LogP contribution is -2.07. The first-order chi connectivity index (χ1) is 7.13. The molecular formula is C10H15N3O2. The summed E-state index contributed by atoms with van der Waals surface area (Å²) in [5.74, 6) is -0.199. The molecule has 0 spiro atoms. The van der Waals surface area contributed by atoms with Crippen LogP contribution in [0.4, 0.5) is 0 Å². The van der Waals surface area contributed by atoms with E-state index in [9.17, 15) is 4.79 Å². The summed E-state index contributed by atoms with van der Waals surface area (Å²) in [7, 11) is 0. The first-order valence-electron chi connectivity index (χ1n) is 5.28. The third-order valence-corrected chi connectivity index (χ3v) is 2.91. The quantitative estimate of drug-likeness (QED) is 0.804. The van der Waals surface area contributed by atoms with Crippen LogP contribution in [0.5, 0.6) is 0 Å². The topological polar surface area (TPSA) is 68.0 Å². The molecule has 2 atom stereocenters. The van der Waals surface area contributed by atoms with Gasteiger partial charge in [0, 0.05) is 0 Å². The summed E-state index contributed by atoms with van der Waals surface area (Å²) in [5.41, 5.74) is 1.59. The van der Waals surface area contributed by atoms with Gasteiger partial charge in [0.15, 0.2) is 0 Å². The van der Waals surface area contributed by atoms with Crippen molar-refractivity contribution in [3.63, 3.8) is 0 Å². The largest absolute Gasteiger partial charge is 0.481 e. The highest BCUT2D eigenvalue weighted by molar-refractivity contribution is 5.69. The number of rotatable bonds is 4. The van der Waals surface area contributed by atoms with Crippen molar-refractivity contribution < 1.29 is 9.90 Å². The van der Waals surface area contributed by atoms with Crippen molar-refractivity contribution in [1.82, 2.24) is 15.0 Å². The monoisotopic (exact) mass is 209 g/mol. The van der Waals surface area contributed by atoms with Crippen molar-refractivity contribution in [2.45, 2.75) is 39.2 Å². The molecule has 1 aliphatic carbocycles. The molecule has 2 unspecified atom stereocenters. The third-order valence-electron chi connectivity index (χ3n) is 2.91. The Labute approximate surface area is 88.1 Å². The Balaban J connectivity index is 2.25. The van der Waals surface area contributed by atoms with Crippen LogP contribution in [0.25, 0.3) is 0 Å². The molecule has 0 amide bonds. The third kappa shape index (κ3) is 1.86. The van der Waals surface area contributed by atoms with Crippen LogP contribution in [-0.2, 0) is 17.6 Å². The van der Waals surface area contributed by atoms with Crippen LogP contribution >= 0.6 is 0 Å². The van der Waals surface area contributed by atoms with Crippen molar-refractivity contribution in [1.29, 1.82) is 0 Å². The number of carboxylic acids is 1. The minimum Gasteiger partial charge on any atom is -0.481 e. The Bertz CT molecular complexity index is 386. The number of nitrogens with zero attached hydrogens (tertiary/aromatic N) is 3. The lowest BCUT2D eigenvalue weighted by atomic mass is 10.2. The predicted molar refractivity (Wildman–Crippen MR) is 53.6 cm³/mol. The molecule has 82 valence electrons. The Hall–Kier alpha value is -1.39. The number of carboxylic acid groups (broad SMARTS) is 1. The SMILES string of the molecule is CCc1c(CC(=O)O)nnn1C1CC1C. The number of aromatic nitrogens is 3. The second kappa shape index (κ2) is 3.64. The molecule has 0 aliphatic heterocycles. The summed E-state index contributed by atoms with van der Waals surface area (Å²) < 4.78 is 1.91. The molecule has 1 fully saturated rings. The molecule has 5 nitrogen and oxygen atoms in total. The van der Waals surface area contributed by atoms with Crippen LogP contribution in [0.15, 0.2) is 0 Å². The molecule has 1 N–H and O–H groups in total. The molecule has 1 aromatic heterocycles. The fourth-order valence-corrected chi connectivity index (χ4v) is 1.90. The van der Waals surface area contributed by atoms with Crippen LogP contribution in [-0.4, -0.2) is 26.1 Å². The van der Waals surface area contributed by atoms with Crippen LogP contribution in [0, 0.1) is 5.92 Å². The van der Waals surface area contributed by atoms with Crippen molar-refractivity contribution in [2.24, 2.45) is 5.92 Å². The maximum Gasteiger partial charge on any atom is 0.309 e. The van der Waals surface area contributed by atoms with E-state index in [-0.39, 0.29) is 6.42 Å². The van der Waals surface area contributed by atoms with Crippen LogP contribution in [0.3, 0.4) is 0 Å². The first-order valence-corrected chi connectivity index (χ1v) is 5.28. The zero-order chi connectivity index (χ0) is 11.0. The van der Waals surface area contributed by atoms with Crippen molar-refractivity contribution in [3.05, 3.63) is 11.4 Å². The van der Waals surface area contributed by atoms with E-state index >= 15 is 0 Å². The molecule has 1 heterocycles. The lowest BCUT2D eigenvalue weighted by molar-refractivity contribution is -0.136. The van der Waals surface area contributed by atoms with Gasteiger partial charge in [-0.1, -0.05) is 19.1 Å². The van der Waals surface area contributed by atoms with E-state index in [4.69, 9.17) is 5.11 Å². The first kappa shape index (κ1) is 10.1. The maximum atomic E-state index is 10.6. The number of carbonyl (C=O) groups is 1. The van der Waals surface area contributed by atoms with Gasteiger partial charge in [-0.15, -0.1) is 5.10 Å². The molecule has 1 saturated carbocycles. The standard InChI is InChI=1S/C10H15N3O2/c1-3-8-7(5-10(14)15)11-12-13(8)9-4-6(9)2/h6,9H,3-5H2,1-2H3,(H,14,15). The molecular weight excluding hydrogens is 194 g/mol. The van der Waals surface area contributed by atoms with Gasteiger partial charge in [0.2, 0.25) is 0 Å². The molecule has 0 radical (unpaired) electrons. The van der Waals surface area contributed by atoms with E-state index in [2.05, 4.69) is 17.2 Å². The second-order valence-corrected chi connectivity index (χ2v) is 4.13. The fraction of sp³-hybridized carbons (Fsp3) is 0.700. The predicted octanol–water partition coefficient (Wildman–Crippen LogP) is 1.05. The van der Waals surface area contributed by atoms with Gasteiger partial charge in [-0.25, -0.2) is 4.68 Å². The Kier molecular flexibility index (Phi) is 2.46. The summed E-state index contributed by atoms with van der Waals surface area (Å²) in [6.45, 7) is 4.18. The maximum absolute atomic E-state index is 10.6. The fourth-order valence-electron chi connectivity index (χ4n) is 1.90. The molecule has 1 aliphatic rings. The van der Waals surface area contributed by atoms with E-state index in [1.807, 2.05) is 11.6 Å². The summed E-state index contributed by atoms with van der Waals surface area (Å²) in [4.78, 5) is 10.6. The zero-order valence-corrected chi connectivity index (χ0v) is 8.97. The van der Waals surface area contributed by atoms with E-state index in [0.29, 0.717) is 17.7 Å². The minimum atomic E-state index is -0.847. The second-order valence-electron chi connectivity index (χ2n) is 4.13.